The van der Waals surface area contributed by atoms with E-state index in [0.717, 1.165) is 19.4 Å². The van der Waals surface area contributed by atoms with E-state index in [1.165, 1.54) is 0 Å². The predicted octanol–water partition coefficient (Wildman–Crippen LogP) is 0.814. The molecule has 1 rings (SSSR count). The van der Waals surface area contributed by atoms with Crippen molar-refractivity contribution in [3.8, 4) is 12.3 Å². The largest absolute Gasteiger partial charge is 0.378 e. The summed E-state index contributed by atoms with van der Waals surface area (Å²) in [4.78, 5) is 0. The third-order valence-electron chi connectivity index (χ3n) is 1.74. The van der Waals surface area contributed by atoms with Crippen molar-refractivity contribution in [1.82, 2.24) is 0 Å². The van der Waals surface area contributed by atoms with Crippen LogP contribution in [-0.2, 0) is 9.47 Å². The first-order chi connectivity index (χ1) is 4.88. The summed E-state index contributed by atoms with van der Waals surface area (Å²) < 4.78 is 10.4. The molecule has 0 amide bonds. The second kappa shape index (κ2) is 3.60. The number of hydrogen-bond acceptors (Lipinski definition) is 2. The lowest BCUT2D eigenvalue weighted by Crippen LogP contribution is -2.34. The Bertz CT molecular complexity index is 137. The van der Waals surface area contributed by atoms with Crippen molar-refractivity contribution in [3.63, 3.8) is 0 Å². The normalized spacial score (nSPS) is 33.2. The zero-order chi connectivity index (χ0) is 7.40. The van der Waals surface area contributed by atoms with Gasteiger partial charge in [0.15, 0.2) is 0 Å². The highest BCUT2D eigenvalue weighted by Crippen LogP contribution is 2.15. The Morgan fingerprint density at radius 2 is 2.50 bits per heavy atom. The fraction of sp³-hybridized carbons (Fsp3) is 0.750. The quantitative estimate of drug-likeness (QED) is 0.502. The summed E-state index contributed by atoms with van der Waals surface area (Å²) >= 11 is 0. The van der Waals surface area contributed by atoms with Crippen LogP contribution >= 0.6 is 0 Å². The van der Waals surface area contributed by atoms with Gasteiger partial charge in [-0.2, -0.15) is 0 Å². The summed E-state index contributed by atoms with van der Waals surface area (Å²) in [6.07, 6.45) is 7.27. The van der Waals surface area contributed by atoms with Gasteiger partial charge in [-0.3, -0.25) is 0 Å². The molecule has 0 bridgehead atoms. The maximum atomic E-state index is 5.27. The SMILES string of the molecule is C#CC1OCCCC1OC. The summed E-state index contributed by atoms with van der Waals surface area (Å²) in [6.45, 7) is 0.773. The van der Waals surface area contributed by atoms with Gasteiger partial charge in [0.2, 0.25) is 0 Å². The Labute approximate surface area is 61.5 Å². The van der Waals surface area contributed by atoms with E-state index in [4.69, 9.17) is 15.9 Å². The third-order valence-corrected chi connectivity index (χ3v) is 1.74. The smallest absolute Gasteiger partial charge is 0.143 e. The van der Waals surface area contributed by atoms with Crippen LogP contribution < -0.4 is 0 Å². The third kappa shape index (κ3) is 1.50. The van der Waals surface area contributed by atoms with E-state index in [1.807, 2.05) is 0 Å². The van der Waals surface area contributed by atoms with Gasteiger partial charge in [0.25, 0.3) is 0 Å². The standard InChI is InChI=1S/C8H12O2/c1-3-7-8(9-2)5-4-6-10-7/h1,7-8H,4-6H2,2H3. The minimum atomic E-state index is -0.126. The van der Waals surface area contributed by atoms with Gasteiger partial charge >= 0.3 is 0 Å². The molecule has 10 heavy (non-hydrogen) atoms. The summed E-state index contributed by atoms with van der Waals surface area (Å²) in [5.74, 6) is 2.56. The van der Waals surface area contributed by atoms with Gasteiger partial charge in [-0.15, -0.1) is 6.42 Å². The van der Waals surface area contributed by atoms with Crippen molar-refractivity contribution in [2.45, 2.75) is 25.0 Å². The molecule has 0 N–H and O–H groups in total. The van der Waals surface area contributed by atoms with Crippen LogP contribution in [0, 0.1) is 12.3 Å². The molecular formula is C8H12O2. The molecule has 0 spiro atoms. The second-order valence-electron chi connectivity index (χ2n) is 2.37. The van der Waals surface area contributed by atoms with Crippen LogP contribution in [0.3, 0.4) is 0 Å². The lowest BCUT2D eigenvalue weighted by Gasteiger charge is -2.26. The Balaban J connectivity index is 2.44. The summed E-state index contributed by atoms with van der Waals surface area (Å²) in [5.41, 5.74) is 0. The number of ether oxygens (including phenoxy) is 2. The maximum Gasteiger partial charge on any atom is 0.143 e. The molecule has 0 aromatic rings. The fourth-order valence-electron chi connectivity index (χ4n) is 1.15. The highest BCUT2D eigenvalue weighted by molar-refractivity contribution is 5.00. The predicted molar refractivity (Wildman–Crippen MR) is 38.6 cm³/mol. The zero-order valence-corrected chi connectivity index (χ0v) is 6.17. The van der Waals surface area contributed by atoms with Crippen LogP contribution in [0.5, 0.6) is 0 Å². The average molecular weight is 140 g/mol. The maximum absolute atomic E-state index is 5.27. The van der Waals surface area contributed by atoms with Crippen LogP contribution in [-0.4, -0.2) is 25.9 Å². The van der Waals surface area contributed by atoms with E-state index in [2.05, 4.69) is 5.92 Å². The molecule has 2 unspecified atom stereocenters. The molecule has 2 nitrogen and oxygen atoms in total. The monoisotopic (exact) mass is 140 g/mol. The molecule has 1 aliphatic heterocycles. The van der Waals surface area contributed by atoms with Crippen molar-refractivity contribution in [1.29, 1.82) is 0 Å². The number of methoxy groups -OCH3 is 1. The van der Waals surface area contributed by atoms with Gasteiger partial charge in [0, 0.05) is 13.7 Å². The van der Waals surface area contributed by atoms with E-state index in [9.17, 15) is 0 Å². The summed E-state index contributed by atoms with van der Waals surface area (Å²) in [6, 6.07) is 0. The van der Waals surface area contributed by atoms with Crippen LogP contribution in [0.1, 0.15) is 12.8 Å². The first-order valence-corrected chi connectivity index (χ1v) is 3.49. The van der Waals surface area contributed by atoms with Gasteiger partial charge in [-0.25, -0.2) is 0 Å². The Morgan fingerprint density at radius 3 is 3.00 bits per heavy atom. The second-order valence-corrected chi connectivity index (χ2v) is 2.37. The Morgan fingerprint density at radius 1 is 1.70 bits per heavy atom. The molecular weight excluding hydrogens is 128 g/mol. The van der Waals surface area contributed by atoms with Crippen molar-refractivity contribution < 1.29 is 9.47 Å². The highest BCUT2D eigenvalue weighted by atomic mass is 16.5. The molecule has 0 radical (unpaired) electrons. The van der Waals surface area contributed by atoms with Gasteiger partial charge in [0.05, 0.1) is 6.10 Å². The number of hydrogen-bond donors (Lipinski definition) is 0. The molecule has 1 fully saturated rings. The molecule has 1 heterocycles. The van der Waals surface area contributed by atoms with Crippen LogP contribution in [0.4, 0.5) is 0 Å². The Kier molecular flexibility index (Phi) is 2.73. The molecule has 2 heteroatoms. The van der Waals surface area contributed by atoms with Crippen molar-refractivity contribution in [2.24, 2.45) is 0 Å². The van der Waals surface area contributed by atoms with Crippen LogP contribution in [0.25, 0.3) is 0 Å². The first kappa shape index (κ1) is 7.59. The van der Waals surface area contributed by atoms with E-state index in [1.54, 1.807) is 7.11 Å². The van der Waals surface area contributed by atoms with Crippen molar-refractivity contribution in [2.75, 3.05) is 13.7 Å². The van der Waals surface area contributed by atoms with Crippen molar-refractivity contribution >= 4 is 0 Å². The Hall–Kier alpha value is -0.520. The first-order valence-electron chi connectivity index (χ1n) is 3.49. The van der Waals surface area contributed by atoms with Gasteiger partial charge in [-0.1, -0.05) is 5.92 Å². The lowest BCUT2D eigenvalue weighted by atomic mass is 10.1. The topological polar surface area (TPSA) is 18.5 Å². The van der Waals surface area contributed by atoms with Crippen LogP contribution in [0.2, 0.25) is 0 Å². The zero-order valence-electron chi connectivity index (χ0n) is 6.17. The van der Waals surface area contributed by atoms with E-state index < -0.39 is 0 Å². The van der Waals surface area contributed by atoms with E-state index in [0.29, 0.717) is 0 Å². The van der Waals surface area contributed by atoms with Crippen molar-refractivity contribution in [3.05, 3.63) is 0 Å². The molecule has 56 valence electrons. The minimum Gasteiger partial charge on any atom is -0.378 e. The van der Waals surface area contributed by atoms with Gasteiger partial charge in [0.1, 0.15) is 6.10 Å². The van der Waals surface area contributed by atoms with Gasteiger partial charge in [-0.05, 0) is 12.8 Å². The van der Waals surface area contributed by atoms with E-state index >= 15 is 0 Å². The molecule has 1 saturated heterocycles. The fourth-order valence-corrected chi connectivity index (χ4v) is 1.15. The molecule has 2 atom stereocenters. The number of rotatable bonds is 1. The van der Waals surface area contributed by atoms with Gasteiger partial charge < -0.3 is 9.47 Å². The highest BCUT2D eigenvalue weighted by Gasteiger charge is 2.23. The minimum absolute atomic E-state index is 0.110. The molecule has 0 saturated carbocycles. The van der Waals surface area contributed by atoms with E-state index in [-0.39, 0.29) is 12.2 Å². The number of terminal acetylenes is 1. The molecule has 1 aliphatic rings. The molecule has 0 aliphatic carbocycles. The summed E-state index contributed by atoms with van der Waals surface area (Å²) in [7, 11) is 1.67. The average Bonchev–Trinajstić information content (AvgIpc) is 2.04. The van der Waals surface area contributed by atoms with Crippen LogP contribution in [0.15, 0.2) is 0 Å². The molecule has 0 aromatic heterocycles. The summed E-state index contributed by atoms with van der Waals surface area (Å²) in [5, 5.41) is 0. The molecule has 0 aromatic carbocycles. The lowest BCUT2D eigenvalue weighted by molar-refractivity contribution is -0.0631.